The summed E-state index contributed by atoms with van der Waals surface area (Å²) < 4.78 is 0. The molecule has 0 aliphatic rings. The predicted molar refractivity (Wildman–Crippen MR) is 104 cm³/mol. The number of aliphatic imine (C=N–C) groups is 2. The molecule has 0 saturated heterocycles. The van der Waals surface area contributed by atoms with Gasteiger partial charge in [0.1, 0.15) is 11.5 Å². The summed E-state index contributed by atoms with van der Waals surface area (Å²) in [5, 5.41) is 19.1. The predicted octanol–water partition coefficient (Wildman–Crippen LogP) is 2.97. The molecule has 26 heavy (non-hydrogen) atoms. The minimum atomic E-state index is 0. The minimum absolute atomic E-state index is 0. The van der Waals surface area contributed by atoms with Crippen molar-refractivity contribution in [1.29, 1.82) is 0 Å². The van der Waals surface area contributed by atoms with Crippen LogP contribution in [0.15, 0.2) is 77.7 Å². The number of allylic oxidation sites excluding steroid dienone is 2. The fourth-order valence-corrected chi connectivity index (χ4v) is 1.63. The maximum absolute atomic E-state index is 9.54. The molecule has 0 aliphatic carbocycles. The van der Waals surface area contributed by atoms with E-state index in [9.17, 15) is 10.2 Å². The summed E-state index contributed by atoms with van der Waals surface area (Å²) in [5.74, 6) is 0.433. The Morgan fingerprint density at radius 2 is 1.19 bits per heavy atom. The summed E-state index contributed by atoms with van der Waals surface area (Å²) >= 11 is 0. The largest absolute Gasteiger partial charge is 0.507 e. The Kier molecular flexibility index (Phi) is 15.6. The molecule has 2 aromatic rings. The molecule has 4 N–H and O–H groups in total. The SMILES string of the molecule is C=[C-]C=C.O.Oc1ccccc1C=NCCN=Cc1ccccc1O.[Co]. The number of nitrogens with zero attached hydrogens (tertiary/aromatic N) is 2. The van der Waals surface area contributed by atoms with Crippen LogP contribution >= 0.6 is 0 Å². The average Bonchev–Trinajstić information content (AvgIpc) is 2.61. The van der Waals surface area contributed by atoms with Crippen LogP contribution in [0.2, 0.25) is 0 Å². The molecule has 0 saturated carbocycles. The summed E-state index contributed by atoms with van der Waals surface area (Å²) in [5.41, 5.74) is 1.38. The van der Waals surface area contributed by atoms with E-state index in [1.165, 1.54) is 6.08 Å². The van der Waals surface area contributed by atoms with E-state index in [4.69, 9.17) is 0 Å². The van der Waals surface area contributed by atoms with Crippen LogP contribution in [0.1, 0.15) is 11.1 Å². The summed E-state index contributed by atoms with van der Waals surface area (Å²) in [6.07, 6.45) is 7.22. The van der Waals surface area contributed by atoms with Gasteiger partial charge in [-0.2, -0.15) is 6.58 Å². The molecule has 2 rings (SSSR count). The normalized spacial score (nSPS) is 9.54. The number of phenols is 2. The second-order valence-corrected chi connectivity index (χ2v) is 4.60. The number of hydrogen-bond donors (Lipinski definition) is 2. The summed E-state index contributed by atoms with van der Waals surface area (Å²) in [6, 6.07) is 14.1. The standard InChI is InChI=1S/C16H16N2O2.C4H5.Co.H2O/c19-15-7-3-1-5-13(15)11-17-9-10-18-12-14-6-2-4-8-16(14)20;1-3-4-2;;/h1-8,11-12,19-20H,9-10H2;3H,1-2H2;;1H2/q;-1;;. The van der Waals surface area contributed by atoms with Crippen LogP contribution in [0.5, 0.6) is 11.5 Å². The van der Waals surface area contributed by atoms with E-state index in [0.29, 0.717) is 24.2 Å². The number of benzene rings is 2. The zero-order valence-corrected chi connectivity index (χ0v) is 15.3. The molecule has 0 aromatic heterocycles. The van der Waals surface area contributed by atoms with Gasteiger partial charge in [0, 0.05) is 40.3 Å². The maximum Gasteiger partial charge on any atom is 0.124 e. The summed E-state index contributed by atoms with van der Waals surface area (Å²) in [7, 11) is 0. The van der Waals surface area contributed by atoms with Crippen LogP contribution in [0.3, 0.4) is 0 Å². The molecule has 0 atom stereocenters. The van der Waals surface area contributed by atoms with Gasteiger partial charge in [0.15, 0.2) is 0 Å². The van der Waals surface area contributed by atoms with Crippen molar-refractivity contribution in [3.63, 3.8) is 0 Å². The molecule has 6 heteroatoms. The molecular formula is C20H23CoN2O3-. The van der Waals surface area contributed by atoms with Gasteiger partial charge in [-0.1, -0.05) is 24.3 Å². The van der Waals surface area contributed by atoms with Gasteiger partial charge >= 0.3 is 0 Å². The van der Waals surface area contributed by atoms with Gasteiger partial charge in [0.25, 0.3) is 0 Å². The molecular weight excluding hydrogens is 375 g/mol. The monoisotopic (exact) mass is 398 g/mol. The van der Waals surface area contributed by atoms with Gasteiger partial charge in [0.05, 0.1) is 13.1 Å². The van der Waals surface area contributed by atoms with E-state index in [0.717, 1.165) is 0 Å². The molecule has 0 heterocycles. The first-order valence-corrected chi connectivity index (χ1v) is 7.38. The number of hydrogen-bond acceptors (Lipinski definition) is 4. The van der Waals surface area contributed by atoms with Crippen LogP contribution in [0.25, 0.3) is 0 Å². The van der Waals surface area contributed by atoms with Crippen LogP contribution in [-0.2, 0) is 16.8 Å². The van der Waals surface area contributed by atoms with Gasteiger partial charge in [-0.05, 0) is 24.3 Å². The Morgan fingerprint density at radius 3 is 1.50 bits per heavy atom. The quantitative estimate of drug-likeness (QED) is 0.339. The van der Waals surface area contributed by atoms with E-state index in [1.807, 2.05) is 12.1 Å². The zero-order chi connectivity index (χ0) is 17.6. The number of phenolic OH excluding ortho intramolecular Hbond substituents is 2. The number of rotatable bonds is 6. The van der Waals surface area contributed by atoms with Crippen molar-refractivity contribution in [2.75, 3.05) is 13.1 Å². The Hall–Kier alpha value is -2.67. The second kappa shape index (κ2) is 15.8. The van der Waals surface area contributed by atoms with Crippen molar-refractivity contribution in [2.24, 2.45) is 9.98 Å². The zero-order valence-electron chi connectivity index (χ0n) is 14.3. The molecule has 2 aromatic carbocycles. The molecule has 5 nitrogen and oxygen atoms in total. The van der Waals surface area contributed by atoms with Gasteiger partial charge in [-0.15, -0.1) is 0 Å². The number of aromatic hydroxyl groups is 2. The van der Waals surface area contributed by atoms with Crippen molar-refractivity contribution in [3.8, 4) is 11.5 Å². The van der Waals surface area contributed by atoms with Crippen LogP contribution in [0, 0.1) is 6.08 Å². The van der Waals surface area contributed by atoms with E-state index >= 15 is 0 Å². The average molecular weight is 398 g/mol. The Labute approximate surface area is 164 Å². The van der Waals surface area contributed by atoms with Gasteiger partial charge < -0.3 is 15.7 Å². The van der Waals surface area contributed by atoms with E-state index in [1.54, 1.807) is 48.8 Å². The minimum Gasteiger partial charge on any atom is -0.507 e. The maximum atomic E-state index is 9.54. The third-order valence-corrected chi connectivity index (χ3v) is 2.84. The fraction of sp³-hybridized carbons (Fsp3) is 0.100. The van der Waals surface area contributed by atoms with Crippen molar-refractivity contribution in [1.82, 2.24) is 0 Å². The van der Waals surface area contributed by atoms with Crippen LogP contribution in [-0.4, -0.2) is 41.2 Å². The van der Waals surface area contributed by atoms with E-state index in [-0.39, 0.29) is 33.8 Å². The Bertz CT molecular complexity index is 654. The molecule has 1 radical (unpaired) electrons. The molecule has 0 bridgehead atoms. The van der Waals surface area contributed by atoms with Crippen molar-refractivity contribution < 1.29 is 32.5 Å². The fourth-order valence-electron chi connectivity index (χ4n) is 1.63. The molecule has 141 valence electrons. The molecule has 0 fully saturated rings. The molecule has 0 spiro atoms. The topological polar surface area (TPSA) is 96.7 Å². The van der Waals surface area contributed by atoms with Crippen molar-refractivity contribution >= 4 is 12.4 Å². The van der Waals surface area contributed by atoms with E-state index in [2.05, 4.69) is 29.2 Å². The van der Waals surface area contributed by atoms with Crippen LogP contribution < -0.4 is 0 Å². The summed E-state index contributed by atoms with van der Waals surface area (Å²) in [4.78, 5) is 8.39. The van der Waals surface area contributed by atoms with Crippen molar-refractivity contribution in [2.45, 2.75) is 0 Å². The smallest absolute Gasteiger partial charge is 0.124 e. The van der Waals surface area contributed by atoms with Crippen molar-refractivity contribution in [3.05, 3.63) is 85.0 Å². The summed E-state index contributed by atoms with van der Waals surface area (Å²) in [6.45, 7) is 7.59. The van der Waals surface area contributed by atoms with Gasteiger partial charge in [-0.3, -0.25) is 16.1 Å². The third kappa shape index (κ3) is 10.2. The first-order valence-electron chi connectivity index (χ1n) is 7.38. The Morgan fingerprint density at radius 1 is 0.846 bits per heavy atom. The second-order valence-electron chi connectivity index (χ2n) is 4.60. The van der Waals surface area contributed by atoms with Gasteiger partial charge in [-0.25, -0.2) is 12.7 Å². The first-order chi connectivity index (χ1) is 11.7. The molecule has 0 unspecified atom stereocenters. The Balaban J connectivity index is 0. The van der Waals surface area contributed by atoms with Crippen LogP contribution in [0.4, 0.5) is 0 Å². The number of para-hydroxylation sites is 2. The first kappa shape index (κ1) is 25.6. The molecule has 0 aliphatic heterocycles. The van der Waals surface area contributed by atoms with Gasteiger partial charge in [0.2, 0.25) is 0 Å². The molecule has 0 amide bonds. The third-order valence-electron chi connectivity index (χ3n) is 2.84. The van der Waals surface area contributed by atoms with E-state index < -0.39 is 0 Å².